The van der Waals surface area contributed by atoms with E-state index in [1.165, 1.54) is 0 Å². The van der Waals surface area contributed by atoms with Crippen LogP contribution in [0.2, 0.25) is 0 Å². The second-order valence-corrected chi connectivity index (χ2v) is 5.30. The predicted octanol–water partition coefficient (Wildman–Crippen LogP) is 1.92. The molecule has 0 aromatic rings. The Bertz CT molecular complexity index is 193. The molecule has 0 aromatic carbocycles. The third-order valence-corrected chi connectivity index (χ3v) is 2.39. The van der Waals surface area contributed by atoms with Crippen LogP contribution in [0.1, 0.15) is 34.1 Å². The first-order chi connectivity index (χ1) is 6.87. The first-order valence-electron chi connectivity index (χ1n) is 5.41. The molecule has 0 saturated carbocycles. The molecule has 0 fully saturated rings. The predicted molar refractivity (Wildman–Crippen MR) is 69.1 cm³/mol. The molecular formula is C11H24N2OS. The van der Waals surface area contributed by atoms with E-state index in [9.17, 15) is 0 Å². The lowest BCUT2D eigenvalue weighted by Crippen LogP contribution is -2.43. The third kappa shape index (κ3) is 8.63. The van der Waals surface area contributed by atoms with E-state index in [0.29, 0.717) is 6.04 Å². The fraction of sp³-hybridized carbons (Fsp3) is 0.909. The van der Waals surface area contributed by atoms with E-state index in [1.54, 1.807) is 7.11 Å². The largest absolute Gasteiger partial charge is 0.385 e. The molecule has 0 aliphatic rings. The van der Waals surface area contributed by atoms with Gasteiger partial charge in [0.2, 0.25) is 0 Å². The van der Waals surface area contributed by atoms with Crippen LogP contribution in [0.3, 0.4) is 0 Å². The van der Waals surface area contributed by atoms with Gasteiger partial charge in [0.25, 0.3) is 0 Å². The summed E-state index contributed by atoms with van der Waals surface area (Å²) in [5, 5.41) is 7.12. The summed E-state index contributed by atoms with van der Waals surface area (Å²) in [5.74, 6) is 0. The zero-order valence-corrected chi connectivity index (χ0v) is 11.3. The van der Waals surface area contributed by atoms with Gasteiger partial charge in [-0.25, -0.2) is 0 Å². The lowest BCUT2D eigenvalue weighted by atomic mass is 9.90. The lowest BCUT2D eigenvalue weighted by molar-refractivity contribution is 0.153. The highest BCUT2D eigenvalue weighted by Gasteiger charge is 2.17. The van der Waals surface area contributed by atoms with E-state index in [0.717, 1.165) is 24.7 Å². The normalized spacial score (nSPS) is 11.6. The summed E-state index contributed by atoms with van der Waals surface area (Å²) in [5.41, 5.74) is 0.207. The molecule has 0 saturated heterocycles. The number of methoxy groups -OCH3 is 1. The molecule has 0 unspecified atom stereocenters. The molecule has 0 bridgehead atoms. The SMILES string of the molecule is COCCC(C)(C)CNC(=S)NC(C)C. The minimum Gasteiger partial charge on any atom is -0.385 e. The zero-order valence-electron chi connectivity index (χ0n) is 10.5. The third-order valence-electron chi connectivity index (χ3n) is 2.13. The van der Waals surface area contributed by atoms with E-state index in [4.69, 9.17) is 17.0 Å². The van der Waals surface area contributed by atoms with Crippen LogP contribution in [0.4, 0.5) is 0 Å². The Kier molecular flexibility index (Phi) is 6.85. The van der Waals surface area contributed by atoms with Gasteiger partial charge in [-0.15, -0.1) is 0 Å². The molecule has 0 rings (SSSR count). The lowest BCUT2D eigenvalue weighted by Gasteiger charge is -2.26. The smallest absolute Gasteiger partial charge is 0.166 e. The van der Waals surface area contributed by atoms with Crippen LogP contribution in [0.15, 0.2) is 0 Å². The monoisotopic (exact) mass is 232 g/mol. The molecule has 0 radical (unpaired) electrons. The van der Waals surface area contributed by atoms with Crippen molar-refractivity contribution in [1.29, 1.82) is 0 Å². The van der Waals surface area contributed by atoms with Gasteiger partial charge in [-0.05, 0) is 37.9 Å². The Morgan fingerprint density at radius 3 is 2.47 bits per heavy atom. The fourth-order valence-corrected chi connectivity index (χ4v) is 1.41. The van der Waals surface area contributed by atoms with Gasteiger partial charge in [0.1, 0.15) is 0 Å². The summed E-state index contributed by atoms with van der Waals surface area (Å²) in [6.45, 7) is 10.2. The van der Waals surface area contributed by atoms with Gasteiger partial charge >= 0.3 is 0 Å². The quantitative estimate of drug-likeness (QED) is 0.686. The molecule has 0 aliphatic heterocycles. The maximum Gasteiger partial charge on any atom is 0.166 e. The van der Waals surface area contributed by atoms with Gasteiger partial charge in [0.15, 0.2) is 5.11 Å². The summed E-state index contributed by atoms with van der Waals surface area (Å²) in [7, 11) is 1.73. The van der Waals surface area contributed by atoms with Crippen molar-refractivity contribution in [3.05, 3.63) is 0 Å². The minimum absolute atomic E-state index is 0.207. The molecule has 3 nitrogen and oxygen atoms in total. The Morgan fingerprint density at radius 1 is 1.40 bits per heavy atom. The van der Waals surface area contributed by atoms with Crippen molar-refractivity contribution in [2.75, 3.05) is 20.3 Å². The second kappa shape index (κ2) is 7.01. The standard InChI is InChI=1S/C11H24N2OS/c1-9(2)13-10(15)12-8-11(3,4)6-7-14-5/h9H,6-8H2,1-5H3,(H2,12,13,15). The Morgan fingerprint density at radius 2 is 2.00 bits per heavy atom. The number of hydrogen-bond acceptors (Lipinski definition) is 2. The van der Waals surface area contributed by atoms with Gasteiger partial charge < -0.3 is 15.4 Å². The van der Waals surface area contributed by atoms with Gasteiger partial charge in [0.05, 0.1) is 0 Å². The van der Waals surface area contributed by atoms with Crippen LogP contribution < -0.4 is 10.6 Å². The van der Waals surface area contributed by atoms with Gasteiger partial charge in [-0.1, -0.05) is 13.8 Å². The molecule has 0 spiro atoms. The van der Waals surface area contributed by atoms with E-state index in [1.807, 2.05) is 0 Å². The van der Waals surface area contributed by atoms with Crippen molar-refractivity contribution in [3.63, 3.8) is 0 Å². The number of hydrogen-bond donors (Lipinski definition) is 2. The summed E-state index contributed by atoms with van der Waals surface area (Å²) < 4.78 is 5.07. The molecule has 15 heavy (non-hydrogen) atoms. The van der Waals surface area contributed by atoms with E-state index < -0.39 is 0 Å². The molecule has 90 valence electrons. The molecule has 2 N–H and O–H groups in total. The van der Waals surface area contributed by atoms with E-state index in [-0.39, 0.29) is 5.41 Å². The van der Waals surface area contributed by atoms with Crippen LogP contribution in [0, 0.1) is 5.41 Å². The van der Waals surface area contributed by atoms with Crippen LogP contribution in [-0.2, 0) is 4.74 Å². The van der Waals surface area contributed by atoms with Gasteiger partial charge in [-0.2, -0.15) is 0 Å². The minimum atomic E-state index is 0.207. The summed E-state index contributed by atoms with van der Waals surface area (Å²) >= 11 is 5.16. The van der Waals surface area contributed by atoms with Crippen LogP contribution >= 0.6 is 12.2 Å². The average Bonchev–Trinajstić information content (AvgIpc) is 2.11. The van der Waals surface area contributed by atoms with Crippen molar-refractivity contribution in [1.82, 2.24) is 10.6 Å². The maximum absolute atomic E-state index is 5.16. The first-order valence-corrected chi connectivity index (χ1v) is 5.81. The number of nitrogens with one attached hydrogen (secondary N) is 2. The second-order valence-electron chi connectivity index (χ2n) is 4.89. The molecule has 4 heteroatoms. The van der Waals surface area contributed by atoms with Gasteiger partial charge in [0, 0.05) is 26.3 Å². The topological polar surface area (TPSA) is 33.3 Å². The van der Waals surface area contributed by atoms with Crippen molar-refractivity contribution >= 4 is 17.3 Å². The first kappa shape index (κ1) is 14.6. The Labute approximate surface area is 99.0 Å². The number of rotatable bonds is 6. The van der Waals surface area contributed by atoms with E-state index in [2.05, 4.69) is 38.3 Å². The fourth-order valence-electron chi connectivity index (χ4n) is 1.10. The Hall–Kier alpha value is -0.350. The number of thiocarbonyl (C=S) groups is 1. The molecule has 0 amide bonds. The number of ether oxygens (including phenoxy) is 1. The summed E-state index contributed by atoms with van der Waals surface area (Å²) in [4.78, 5) is 0. The molecule has 0 atom stereocenters. The van der Waals surface area contributed by atoms with Crippen LogP contribution in [0.25, 0.3) is 0 Å². The van der Waals surface area contributed by atoms with Crippen LogP contribution in [-0.4, -0.2) is 31.4 Å². The summed E-state index contributed by atoms with van der Waals surface area (Å²) in [6.07, 6.45) is 1.03. The summed E-state index contributed by atoms with van der Waals surface area (Å²) in [6, 6.07) is 0.382. The molecule has 0 aromatic heterocycles. The highest BCUT2D eigenvalue weighted by molar-refractivity contribution is 7.80. The Balaban J connectivity index is 3.77. The van der Waals surface area contributed by atoms with Crippen molar-refractivity contribution in [2.24, 2.45) is 5.41 Å². The average molecular weight is 232 g/mol. The molecule has 0 aliphatic carbocycles. The van der Waals surface area contributed by atoms with E-state index >= 15 is 0 Å². The van der Waals surface area contributed by atoms with Gasteiger partial charge in [-0.3, -0.25) is 0 Å². The molecular weight excluding hydrogens is 208 g/mol. The highest BCUT2D eigenvalue weighted by atomic mass is 32.1. The van der Waals surface area contributed by atoms with Crippen molar-refractivity contribution in [3.8, 4) is 0 Å². The van der Waals surface area contributed by atoms with Crippen LogP contribution in [0.5, 0.6) is 0 Å². The van der Waals surface area contributed by atoms with Crippen molar-refractivity contribution in [2.45, 2.75) is 40.2 Å². The van der Waals surface area contributed by atoms with Crippen molar-refractivity contribution < 1.29 is 4.74 Å². The zero-order chi connectivity index (χ0) is 11.9. The maximum atomic E-state index is 5.16. The molecule has 0 heterocycles. The highest BCUT2D eigenvalue weighted by Crippen LogP contribution is 2.18.